The molecule has 3 saturated heterocycles. The van der Waals surface area contributed by atoms with Gasteiger partial charge in [-0.05, 0) is 74.9 Å². The summed E-state index contributed by atoms with van der Waals surface area (Å²) in [6.45, 7) is 16.3. The Bertz CT molecular complexity index is 1170. The lowest BCUT2D eigenvalue weighted by Crippen LogP contribution is -2.61. The highest BCUT2D eigenvalue weighted by molar-refractivity contribution is 5.83. The Balaban J connectivity index is 2.18. The van der Waals surface area contributed by atoms with Gasteiger partial charge in [-0.2, -0.15) is 0 Å². The molecule has 298 valence electrons. The lowest BCUT2D eigenvalue weighted by molar-refractivity contribution is -0.318. The van der Waals surface area contributed by atoms with E-state index in [4.69, 9.17) is 28.4 Å². The monoisotopic (exact) mass is 733 g/mol. The summed E-state index contributed by atoms with van der Waals surface area (Å²) in [5.74, 6) is -4.98. The number of nitrogens with zero attached hydrogens (tertiary/aromatic N) is 1. The number of aliphatic hydroxyl groups is 5. The molecule has 0 aromatic heterocycles. The van der Waals surface area contributed by atoms with Crippen molar-refractivity contribution in [1.82, 2.24) is 4.90 Å². The maximum Gasteiger partial charge on any atom is 0.311 e. The Morgan fingerprint density at radius 3 is 2.04 bits per heavy atom. The van der Waals surface area contributed by atoms with Crippen LogP contribution in [0.1, 0.15) is 94.9 Å². The van der Waals surface area contributed by atoms with Gasteiger partial charge in [0.2, 0.25) is 0 Å². The van der Waals surface area contributed by atoms with Gasteiger partial charge in [-0.15, -0.1) is 0 Å². The first-order chi connectivity index (χ1) is 23.4. The van der Waals surface area contributed by atoms with Crippen molar-refractivity contribution in [3.63, 3.8) is 0 Å². The van der Waals surface area contributed by atoms with Crippen LogP contribution in [0.25, 0.3) is 0 Å². The first-order valence-corrected chi connectivity index (χ1v) is 18.5. The lowest BCUT2D eigenvalue weighted by Gasteiger charge is -2.49. The van der Waals surface area contributed by atoms with E-state index in [0.717, 1.165) is 0 Å². The van der Waals surface area contributed by atoms with Crippen LogP contribution in [0.2, 0.25) is 0 Å². The molecule has 0 aromatic rings. The number of carbonyl (C=O) groups excluding carboxylic acids is 2. The minimum absolute atomic E-state index is 0.0936. The van der Waals surface area contributed by atoms with Crippen LogP contribution in [0.3, 0.4) is 0 Å². The summed E-state index contributed by atoms with van der Waals surface area (Å²) in [5, 5.41) is 57.6. The second-order valence-electron chi connectivity index (χ2n) is 16.5. The molecule has 15 unspecified atom stereocenters. The standard InChI is InChI=1S/C37H67NO13/c1-14-25-37(10,45)30(41)20(4)27(39)18(2)16-35(8,44)32(51-34-28(40)24(38(11)12)15-19(3)47-34)21(5)29(22(6)33(43)49-25)50-26-17-36(9,46-13)31(42)23(7)48-26/h18-26,28-32,34,40-42,44-45H,14-17H2,1-13H3/t18?,19?,20?,21?,22?,23?,24?,25?,26-,28?,29?,30?,31?,32-,34+,35?,36?,37?/m0/s1. The van der Waals surface area contributed by atoms with Gasteiger partial charge in [0.1, 0.15) is 29.7 Å². The zero-order valence-electron chi connectivity index (χ0n) is 32.9. The zero-order chi connectivity index (χ0) is 39.0. The predicted molar refractivity (Wildman–Crippen MR) is 186 cm³/mol. The Hall–Kier alpha value is -1.30. The average molecular weight is 734 g/mol. The molecule has 51 heavy (non-hydrogen) atoms. The highest BCUT2D eigenvalue weighted by Crippen LogP contribution is 2.40. The summed E-state index contributed by atoms with van der Waals surface area (Å²) in [7, 11) is 5.18. The summed E-state index contributed by atoms with van der Waals surface area (Å²) in [4.78, 5) is 29.8. The van der Waals surface area contributed by atoms with Crippen LogP contribution in [-0.4, -0.2) is 148 Å². The fourth-order valence-corrected chi connectivity index (χ4v) is 8.41. The predicted octanol–water partition coefficient (Wildman–Crippen LogP) is 1.79. The molecule has 0 bridgehead atoms. The zero-order valence-corrected chi connectivity index (χ0v) is 32.9. The Morgan fingerprint density at radius 2 is 1.49 bits per heavy atom. The molecular weight excluding hydrogens is 666 g/mol. The number of carbonyl (C=O) groups is 2. The number of methoxy groups -OCH3 is 1. The van der Waals surface area contributed by atoms with E-state index in [9.17, 15) is 35.1 Å². The molecule has 0 radical (unpaired) electrons. The van der Waals surface area contributed by atoms with Gasteiger partial charge >= 0.3 is 5.97 Å². The van der Waals surface area contributed by atoms with E-state index in [-0.39, 0.29) is 31.4 Å². The molecule has 0 saturated carbocycles. The number of ether oxygens (including phenoxy) is 6. The minimum Gasteiger partial charge on any atom is -0.459 e. The van der Waals surface area contributed by atoms with Crippen molar-refractivity contribution >= 4 is 11.8 Å². The molecule has 0 amide bonds. The van der Waals surface area contributed by atoms with Gasteiger partial charge in [-0.25, -0.2) is 0 Å². The number of likely N-dealkylation sites (N-methyl/N-ethyl adjacent to an activating group) is 1. The van der Waals surface area contributed by atoms with Crippen molar-refractivity contribution in [2.75, 3.05) is 21.2 Å². The number of aliphatic hydroxyl groups excluding tert-OH is 3. The van der Waals surface area contributed by atoms with Gasteiger partial charge in [0.05, 0.1) is 47.6 Å². The second-order valence-corrected chi connectivity index (χ2v) is 16.5. The molecule has 3 rings (SSSR count). The number of rotatable bonds is 7. The van der Waals surface area contributed by atoms with Crippen molar-refractivity contribution in [2.24, 2.45) is 23.7 Å². The fraction of sp³-hybridized carbons (Fsp3) is 0.946. The first kappa shape index (κ1) is 44.1. The van der Waals surface area contributed by atoms with Gasteiger partial charge in [0.15, 0.2) is 12.6 Å². The molecule has 3 heterocycles. The third kappa shape index (κ3) is 9.51. The van der Waals surface area contributed by atoms with E-state index in [1.807, 2.05) is 25.9 Å². The van der Waals surface area contributed by atoms with E-state index < -0.39 is 108 Å². The number of hydrogen-bond donors (Lipinski definition) is 5. The van der Waals surface area contributed by atoms with Crippen molar-refractivity contribution in [2.45, 2.75) is 179 Å². The van der Waals surface area contributed by atoms with E-state index >= 15 is 0 Å². The van der Waals surface area contributed by atoms with Crippen molar-refractivity contribution < 1.29 is 63.5 Å². The number of esters is 1. The van der Waals surface area contributed by atoms with E-state index in [0.29, 0.717) is 6.42 Å². The fourth-order valence-electron chi connectivity index (χ4n) is 8.41. The van der Waals surface area contributed by atoms with Gasteiger partial charge < -0.3 is 58.9 Å². The Kier molecular flexibility index (Phi) is 14.7. The van der Waals surface area contributed by atoms with Crippen LogP contribution in [0.4, 0.5) is 0 Å². The molecule has 0 aromatic carbocycles. The molecule has 0 spiro atoms. The van der Waals surface area contributed by atoms with Gasteiger partial charge in [0.25, 0.3) is 0 Å². The molecule has 14 nitrogen and oxygen atoms in total. The molecule has 14 heteroatoms. The highest BCUT2D eigenvalue weighted by atomic mass is 16.7. The van der Waals surface area contributed by atoms with E-state index in [1.165, 1.54) is 27.9 Å². The van der Waals surface area contributed by atoms with Gasteiger partial charge in [-0.3, -0.25) is 9.59 Å². The largest absolute Gasteiger partial charge is 0.459 e. The van der Waals surface area contributed by atoms with Crippen LogP contribution in [0, 0.1) is 23.7 Å². The average Bonchev–Trinajstić information content (AvgIpc) is 3.05. The smallest absolute Gasteiger partial charge is 0.311 e. The number of Topliss-reactive ketones (excluding diaryl/α,β-unsaturated/α-hetero) is 1. The minimum atomic E-state index is -1.99. The maximum atomic E-state index is 14.1. The first-order valence-electron chi connectivity index (χ1n) is 18.5. The highest BCUT2D eigenvalue weighted by Gasteiger charge is 2.53. The molecule has 5 N–H and O–H groups in total. The third-order valence-electron chi connectivity index (χ3n) is 11.8. The second kappa shape index (κ2) is 17.0. The van der Waals surface area contributed by atoms with Gasteiger partial charge in [0, 0.05) is 37.3 Å². The molecular formula is C37H67NO13. The molecule has 0 aliphatic carbocycles. The molecule has 3 fully saturated rings. The van der Waals surface area contributed by atoms with Crippen LogP contribution >= 0.6 is 0 Å². The van der Waals surface area contributed by atoms with Crippen LogP contribution < -0.4 is 0 Å². The Labute approximate surface area is 304 Å². The molecule has 3 aliphatic rings. The quantitative estimate of drug-likeness (QED) is 0.238. The summed E-state index contributed by atoms with van der Waals surface area (Å²) in [5.41, 5.74) is -4.84. The SMILES string of the molecule is CCC1OC(=O)C(C)C(O[C@H]2CC(C)(OC)C(O)C(C)O2)C(C)[C@H](O[C@H]2OC(C)CC(N(C)C)C2O)C(C)(O)CC(C)C(=O)C(C)C(O)C1(C)O. The van der Waals surface area contributed by atoms with E-state index in [2.05, 4.69) is 0 Å². The number of ketones is 1. The third-order valence-corrected chi connectivity index (χ3v) is 11.8. The maximum absolute atomic E-state index is 14.1. The topological polar surface area (TPSA) is 194 Å². The summed E-state index contributed by atoms with van der Waals surface area (Å²) >= 11 is 0. The van der Waals surface area contributed by atoms with Crippen LogP contribution in [-0.2, 0) is 38.0 Å². The summed E-state index contributed by atoms with van der Waals surface area (Å²) in [6.07, 6.45) is -9.71. The lowest BCUT2D eigenvalue weighted by atomic mass is 9.74. The van der Waals surface area contributed by atoms with Crippen molar-refractivity contribution in [1.29, 1.82) is 0 Å². The van der Waals surface area contributed by atoms with E-state index in [1.54, 1.807) is 41.5 Å². The number of cyclic esters (lactones) is 1. The molecule has 18 atom stereocenters. The van der Waals surface area contributed by atoms with Crippen LogP contribution in [0.5, 0.6) is 0 Å². The normalized spacial score (nSPS) is 49.7. The number of hydrogen-bond acceptors (Lipinski definition) is 14. The summed E-state index contributed by atoms with van der Waals surface area (Å²) in [6, 6.07) is -0.324. The van der Waals surface area contributed by atoms with Crippen molar-refractivity contribution in [3.05, 3.63) is 0 Å². The Morgan fingerprint density at radius 1 is 0.882 bits per heavy atom. The van der Waals surface area contributed by atoms with Gasteiger partial charge in [-0.1, -0.05) is 27.7 Å². The molecule has 3 aliphatic heterocycles. The summed E-state index contributed by atoms with van der Waals surface area (Å²) < 4.78 is 37.1. The van der Waals surface area contributed by atoms with Crippen molar-refractivity contribution in [3.8, 4) is 0 Å². The van der Waals surface area contributed by atoms with Crippen LogP contribution in [0.15, 0.2) is 0 Å².